The molecule has 3 nitrogen and oxygen atoms in total. The van der Waals surface area contributed by atoms with Crippen LogP contribution in [0.25, 0.3) is 0 Å². The summed E-state index contributed by atoms with van der Waals surface area (Å²) in [5.74, 6) is 0.632. The summed E-state index contributed by atoms with van der Waals surface area (Å²) in [5, 5.41) is 0. The van der Waals surface area contributed by atoms with E-state index in [-0.39, 0.29) is 0 Å². The fourth-order valence-electron chi connectivity index (χ4n) is 2.76. The zero-order chi connectivity index (χ0) is 17.2. The smallest absolute Gasteiger partial charge is 0.434 e. The molecule has 0 unspecified atom stereocenters. The molecular weight excluding hydrogens is 300 g/mol. The largest absolute Gasteiger partial charge is 0.513 e. The Bertz CT molecular complexity index is 635. The van der Waals surface area contributed by atoms with Gasteiger partial charge in [-0.05, 0) is 35.6 Å². The van der Waals surface area contributed by atoms with Gasteiger partial charge >= 0.3 is 6.16 Å². The molecule has 0 aliphatic carbocycles. The lowest BCUT2D eigenvalue weighted by molar-refractivity contribution is 0.0997. The molecule has 2 aromatic carbocycles. The first-order chi connectivity index (χ1) is 11.7. The molecule has 128 valence electrons. The average molecular weight is 326 g/mol. The minimum atomic E-state index is -0.628. The highest BCUT2D eigenvalue weighted by Crippen LogP contribution is 2.25. The van der Waals surface area contributed by atoms with E-state index in [4.69, 9.17) is 9.47 Å². The maximum absolute atomic E-state index is 12.0. The van der Waals surface area contributed by atoms with E-state index in [9.17, 15) is 4.79 Å². The van der Waals surface area contributed by atoms with E-state index in [2.05, 4.69) is 19.9 Å². The second kappa shape index (κ2) is 9.76. The Balaban J connectivity index is 1.94. The first-order valence-electron chi connectivity index (χ1n) is 8.73. The van der Waals surface area contributed by atoms with Crippen molar-refractivity contribution < 1.29 is 14.3 Å². The van der Waals surface area contributed by atoms with Gasteiger partial charge in [-0.15, -0.1) is 0 Å². The summed E-state index contributed by atoms with van der Waals surface area (Å²) in [6, 6.07) is 15.9. The Hall–Kier alpha value is -2.29. The van der Waals surface area contributed by atoms with Crippen molar-refractivity contribution in [1.29, 1.82) is 0 Å². The zero-order valence-electron chi connectivity index (χ0n) is 14.6. The van der Waals surface area contributed by atoms with Crippen molar-refractivity contribution in [3.05, 3.63) is 65.2 Å². The Morgan fingerprint density at radius 3 is 2.33 bits per heavy atom. The van der Waals surface area contributed by atoms with Gasteiger partial charge in [-0.3, -0.25) is 0 Å². The van der Waals surface area contributed by atoms with Crippen molar-refractivity contribution in [3.8, 4) is 5.75 Å². The van der Waals surface area contributed by atoms with Crippen LogP contribution in [0.2, 0.25) is 0 Å². The van der Waals surface area contributed by atoms with E-state index in [0.717, 1.165) is 36.8 Å². The van der Waals surface area contributed by atoms with Crippen molar-refractivity contribution in [2.75, 3.05) is 6.61 Å². The molecule has 0 aliphatic heterocycles. The predicted octanol–water partition coefficient (Wildman–Crippen LogP) is 5.35. The number of benzene rings is 2. The van der Waals surface area contributed by atoms with Gasteiger partial charge in [0.25, 0.3) is 0 Å². The Morgan fingerprint density at radius 2 is 1.62 bits per heavy atom. The minimum absolute atomic E-state index is 0.320. The summed E-state index contributed by atoms with van der Waals surface area (Å²) >= 11 is 0. The molecular formula is C21H26O3. The molecule has 0 radical (unpaired) electrons. The van der Waals surface area contributed by atoms with Gasteiger partial charge in [0.1, 0.15) is 5.75 Å². The van der Waals surface area contributed by atoms with E-state index >= 15 is 0 Å². The van der Waals surface area contributed by atoms with Crippen LogP contribution in [0.3, 0.4) is 0 Å². The van der Waals surface area contributed by atoms with Crippen molar-refractivity contribution in [1.82, 2.24) is 0 Å². The maximum atomic E-state index is 12.0. The molecule has 0 spiro atoms. The molecule has 0 bridgehead atoms. The number of ether oxygens (including phenoxy) is 2. The van der Waals surface area contributed by atoms with Gasteiger partial charge in [0.2, 0.25) is 0 Å². The second-order valence-corrected chi connectivity index (χ2v) is 5.83. The van der Waals surface area contributed by atoms with Crippen molar-refractivity contribution >= 4 is 6.16 Å². The van der Waals surface area contributed by atoms with Crippen molar-refractivity contribution in [3.63, 3.8) is 0 Å². The summed E-state index contributed by atoms with van der Waals surface area (Å²) in [6.45, 7) is 4.60. The normalized spacial score (nSPS) is 10.4. The van der Waals surface area contributed by atoms with Gasteiger partial charge in [-0.1, -0.05) is 69.2 Å². The van der Waals surface area contributed by atoms with Crippen molar-refractivity contribution in [2.45, 2.75) is 46.0 Å². The lowest BCUT2D eigenvalue weighted by Gasteiger charge is -2.14. The van der Waals surface area contributed by atoms with E-state index < -0.39 is 6.16 Å². The number of carbonyl (C=O) groups is 1. The first-order valence-corrected chi connectivity index (χ1v) is 8.73. The van der Waals surface area contributed by atoms with Crippen LogP contribution < -0.4 is 4.74 Å². The van der Waals surface area contributed by atoms with Gasteiger partial charge in [0.05, 0.1) is 6.61 Å². The minimum Gasteiger partial charge on any atom is -0.434 e. The topological polar surface area (TPSA) is 35.5 Å². The molecule has 3 heteroatoms. The molecule has 0 N–H and O–H groups in total. The number of carbonyl (C=O) groups excluding carboxylic acids is 1. The SMILES string of the molecule is CCCc1cccc(OC(=O)OCCc2ccccc2)c1CCC. The van der Waals surface area contributed by atoms with Crippen LogP contribution in [0.1, 0.15) is 43.4 Å². The molecule has 24 heavy (non-hydrogen) atoms. The average Bonchev–Trinajstić information content (AvgIpc) is 2.59. The van der Waals surface area contributed by atoms with Crippen LogP contribution in [0.4, 0.5) is 4.79 Å². The van der Waals surface area contributed by atoms with Gasteiger partial charge < -0.3 is 9.47 Å². The summed E-state index contributed by atoms with van der Waals surface area (Å²) in [4.78, 5) is 12.0. The maximum Gasteiger partial charge on any atom is 0.513 e. The van der Waals surface area contributed by atoms with Gasteiger partial charge in [0.15, 0.2) is 0 Å². The second-order valence-electron chi connectivity index (χ2n) is 5.83. The fraction of sp³-hybridized carbons (Fsp3) is 0.381. The van der Waals surface area contributed by atoms with Crippen LogP contribution in [-0.4, -0.2) is 12.8 Å². The summed E-state index contributed by atoms with van der Waals surface area (Å²) in [5.41, 5.74) is 3.53. The molecule has 0 aliphatic rings. The first kappa shape index (κ1) is 18.1. The van der Waals surface area contributed by atoms with E-state index in [1.54, 1.807) is 0 Å². The number of hydrogen-bond acceptors (Lipinski definition) is 3. The summed E-state index contributed by atoms with van der Waals surface area (Å²) in [7, 11) is 0. The molecule has 0 saturated carbocycles. The Labute approximate surface area is 144 Å². The van der Waals surface area contributed by atoms with Crippen LogP contribution in [0.5, 0.6) is 5.75 Å². The van der Waals surface area contributed by atoms with Crippen LogP contribution in [0.15, 0.2) is 48.5 Å². The standard InChI is InChI=1S/C21H26O3/c1-3-9-18-13-8-14-20(19(18)10-4-2)24-21(22)23-16-15-17-11-6-5-7-12-17/h5-8,11-14H,3-4,9-10,15-16H2,1-2H3. The van der Waals surface area contributed by atoms with Gasteiger partial charge in [0, 0.05) is 6.42 Å². The van der Waals surface area contributed by atoms with E-state index in [1.807, 2.05) is 42.5 Å². The van der Waals surface area contributed by atoms with Gasteiger partial charge in [-0.2, -0.15) is 0 Å². The van der Waals surface area contributed by atoms with Crippen molar-refractivity contribution in [2.24, 2.45) is 0 Å². The lowest BCUT2D eigenvalue weighted by atomic mass is 9.99. The highest BCUT2D eigenvalue weighted by Gasteiger charge is 2.13. The van der Waals surface area contributed by atoms with E-state index in [1.165, 1.54) is 5.56 Å². The number of rotatable bonds is 8. The number of aryl methyl sites for hydroxylation is 1. The molecule has 0 heterocycles. The molecule has 2 rings (SSSR count). The molecule has 2 aromatic rings. The third-order valence-corrected chi connectivity index (χ3v) is 3.90. The summed E-state index contributed by atoms with van der Waals surface area (Å²) in [6.07, 6.45) is 4.05. The quantitative estimate of drug-likeness (QED) is 0.484. The Morgan fingerprint density at radius 1 is 0.875 bits per heavy atom. The number of hydrogen-bond donors (Lipinski definition) is 0. The molecule has 0 fully saturated rings. The fourth-order valence-corrected chi connectivity index (χ4v) is 2.76. The van der Waals surface area contributed by atoms with E-state index in [0.29, 0.717) is 18.8 Å². The molecule has 0 saturated heterocycles. The van der Waals surface area contributed by atoms with Crippen LogP contribution >= 0.6 is 0 Å². The third-order valence-electron chi connectivity index (χ3n) is 3.90. The molecule has 0 aromatic heterocycles. The Kier molecular flexibility index (Phi) is 7.34. The summed E-state index contributed by atoms with van der Waals surface area (Å²) < 4.78 is 10.7. The predicted molar refractivity (Wildman–Crippen MR) is 96.6 cm³/mol. The molecule has 0 amide bonds. The highest BCUT2D eigenvalue weighted by molar-refractivity contribution is 5.65. The van der Waals surface area contributed by atoms with Crippen LogP contribution in [-0.2, 0) is 24.0 Å². The zero-order valence-corrected chi connectivity index (χ0v) is 14.6. The molecule has 0 atom stereocenters. The lowest BCUT2D eigenvalue weighted by Crippen LogP contribution is -2.14. The van der Waals surface area contributed by atoms with Gasteiger partial charge in [-0.25, -0.2) is 4.79 Å². The monoisotopic (exact) mass is 326 g/mol. The highest BCUT2D eigenvalue weighted by atomic mass is 16.7. The third kappa shape index (κ3) is 5.41. The van der Waals surface area contributed by atoms with Crippen LogP contribution in [0, 0.1) is 0 Å².